The van der Waals surface area contributed by atoms with Gasteiger partial charge in [-0.15, -0.1) is 0 Å². The van der Waals surface area contributed by atoms with Gasteiger partial charge in [-0.05, 0) is 44.1 Å². The fraction of sp³-hybridized carbons (Fsp3) is 0.522. The Kier molecular flexibility index (Phi) is 5.09. The van der Waals surface area contributed by atoms with Gasteiger partial charge in [0.15, 0.2) is 0 Å². The Labute approximate surface area is 166 Å². The Morgan fingerprint density at radius 2 is 1.54 bits per heavy atom. The van der Waals surface area contributed by atoms with E-state index in [4.69, 9.17) is 0 Å². The molecule has 2 fully saturated rings. The number of allylic oxidation sites excluding steroid dienone is 2. The Morgan fingerprint density at radius 3 is 2.00 bits per heavy atom. The van der Waals surface area contributed by atoms with E-state index in [0.29, 0.717) is 13.1 Å². The van der Waals surface area contributed by atoms with Gasteiger partial charge in [0.2, 0.25) is 17.7 Å². The van der Waals surface area contributed by atoms with Gasteiger partial charge in [-0.3, -0.25) is 19.3 Å². The standard InChI is InChI=1S/C23H28N2O3/c1-3-24(4-2)19(26)14-18(15-8-6-5-7-9-15)25-22(27)20-16-10-11-17(13-12-16)21(20)23(25)28/h5-11,16-18,20-21H,3-4,12-14H2,1-2H3. The predicted molar refractivity (Wildman–Crippen MR) is 106 cm³/mol. The minimum Gasteiger partial charge on any atom is -0.343 e. The molecule has 3 aliphatic carbocycles. The molecular formula is C23H28N2O3. The molecule has 5 rings (SSSR count). The molecule has 5 heteroatoms. The van der Waals surface area contributed by atoms with Gasteiger partial charge in [0, 0.05) is 13.1 Å². The summed E-state index contributed by atoms with van der Waals surface area (Å²) in [6.07, 6.45) is 6.35. The average molecular weight is 380 g/mol. The van der Waals surface area contributed by atoms with Crippen molar-refractivity contribution in [2.45, 2.75) is 39.2 Å². The molecule has 0 N–H and O–H groups in total. The number of likely N-dealkylation sites (tertiary alicyclic amines) is 1. The van der Waals surface area contributed by atoms with Gasteiger partial charge in [-0.25, -0.2) is 0 Å². The summed E-state index contributed by atoms with van der Waals surface area (Å²) in [4.78, 5) is 42.9. The summed E-state index contributed by atoms with van der Waals surface area (Å²) in [5.41, 5.74) is 0.851. The highest BCUT2D eigenvalue weighted by Gasteiger charge is 2.58. The Bertz CT molecular complexity index is 767. The van der Waals surface area contributed by atoms with Gasteiger partial charge in [-0.2, -0.15) is 0 Å². The molecule has 148 valence electrons. The number of imide groups is 1. The van der Waals surface area contributed by atoms with Crippen LogP contribution < -0.4 is 0 Å². The lowest BCUT2D eigenvalue weighted by atomic mass is 9.63. The largest absolute Gasteiger partial charge is 0.343 e. The highest BCUT2D eigenvalue weighted by atomic mass is 16.2. The fourth-order valence-corrected chi connectivity index (χ4v) is 5.31. The zero-order chi connectivity index (χ0) is 19.8. The van der Waals surface area contributed by atoms with Gasteiger partial charge in [0.25, 0.3) is 0 Å². The fourth-order valence-electron chi connectivity index (χ4n) is 5.31. The van der Waals surface area contributed by atoms with Gasteiger partial charge in [-0.1, -0.05) is 42.5 Å². The predicted octanol–water partition coefficient (Wildman–Crippen LogP) is 3.18. The van der Waals surface area contributed by atoms with Crippen molar-refractivity contribution in [3.8, 4) is 0 Å². The van der Waals surface area contributed by atoms with E-state index >= 15 is 0 Å². The van der Waals surface area contributed by atoms with Crippen LogP contribution in [0.1, 0.15) is 44.7 Å². The van der Waals surface area contributed by atoms with Crippen molar-refractivity contribution in [2.75, 3.05) is 13.1 Å². The van der Waals surface area contributed by atoms with Crippen LogP contribution in [0.4, 0.5) is 0 Å². The molecule has 0 spiro atoms. The lowest BCUT2D eigenvalue weighted by Crippen LogP contribution is -2.40. The highest BCUT2D eigenvalue weighted by molar-refractivity contribution is 6.06. The topological polar surface area (TPSA) is 57.7 Å². The third-order valence-corrected chi connectivity index (χ3v) is 6.77. The van der Waals surface area contributed by atoms with E-state index < -0.39 is 6.04 Å². The first-order chi connectivity index (χ1) is 13.6. The lowest BCUT2D eigenvalue weighted by Gasteiger charge is -2.38. The first-order valence-corrected chi connectivity index (χ1v) is 10.4. The molecule has 1 aromatic carbocycles. The Hall–Kier alpha value is -2.43. The van der Waals surface area contributed by atoms with E-state index in [1.807, 2.05) is 44.2 Å². The number of benzene rings is 1. The van der Waals surface area contributed by atoms with Crippen molar-refractivity contribution in [2.24, 2.45) is 23.7 Å². The minimum absolute atomic E-state index is 0.0181. The first kappa shape index (κ1) is 18.9. The van der Waals surface area contributed by atoms with Crippen molar-refractivity contribution in [1.82, 2.24) is 9.80 Å². The smallest absolute Gasteiger partial charge is 0.234 e. The highest BCUT2D eigenvalue weighted by Crippen LogP contribution is 2.51. The molecule has 4 aliphatic rings. The molecular weight excluding hydrogens is 352 g/mol. The number of carbonyl (C=O) groups is 3. The van der Waals surface area contributed by atoms with Gasteiger partial charge in [0.05, 0.1) is 24.3 Å². The molecule has 1 saturated heterocycles. The number of nitrogens with zero attached hydrogens (tertiary/aromatic N) is 2. The molecule has 5 unspecified atom stereocenters. The second-order valence-corrected chi connectivity index (χ2v) is 8.08. The average Bonchev–Trinajstić information content (AvgIpc) is 3.01. The number of rotatable bonds is 6. The van der Waals surface area contributed by atoms with E-state index in [1.54, 1.807) is 4.90 Å². The van der Waals surface area contributed by atoms with Crippen molar-refractivity contribution in [3.05, 3.63) is 48.0 Å². The molecule has 28 heavy (non-hydrogen) atoms. The van der Waals surface area contributed by atoms with Crippen molar-refractivity contribution in [3.63, 3.8) is 0 Å². The quantitative estimate of drug-likeness (QED) is 0.563. The third-order valence-electron chi connectivity index (χ3n) is 6.77. The number of hydrogen-bond donors (Lipinski definition) is 0. The number of amides is 3. The van der Waals surface area contributed by atoms with E-state index in [2.05, 4.69) is 12.2 Å². The van der Waals surface area contributed by atoms with Crippen LogP contribution >= 0.6 is 0 Å². The van der Waals surface area contributed by atoms with Crippen LogP contribution in [0.2, 0.25) is 0 Å². The van der Waals surface area contributed by atoms with Crippen LogP contribution in [0.3, 0.4) is 0 Å². The normalized spacial score (nSPS) is 29.1. The summed E-state index contributed by atoms with van der Waals surface area (Å²) in [6, 6.07) is 9.00. The first-order valence-electron chi connectivity index (χ1n) is 10.4. The van der Waals surface area contributed by atoms with Gasteiger partial charge < -0.3 is 4.90 Å². The van der Waals surface area contributed by atoms with Crippen LogP contribution in [-0.2, 0) is 14.4 Å². The van der Waals surface area contributed by atoms with Crippen LogP contribution in [-0.4, -0.2) is 40.6 Å². The van der Waals surface area contributed by atoms with Crippen molar-refractivity contribution < 1.29 is 14.4 Å². The summed E-state index contributed by atoms with van der Waals surface area (Å²) in [6.45, 7) is 5.14. The molecule has 5 nitrogen and oxygen atoms in total. The molecule has 1 aromatic rings. The summed E-state index contributed by atoms with van der Waals surface area (Å²) >= 11 is 0. The molecule has 3 amide bonds. The second-order valence-electron chi connectivity index (χ2n) is 8.08. The summed E-state index contributed by atoms with van der Waals surface area (Å²) in [5.74, 6) is -0.365. The van der Waals surface area contributed by atoms with E-state index in [-0.39, 0.29) is 47.8 Å². The zero-order valence-electron chi connectivity index (χ0n) is 16.6. The third kappa shape index (κ3) is 2.97. The molecule has 5 atom stereocenters. The van der Waals surface area contributed by atoms with Crippen LogP contribution in [0.15, 0.2) is 42.5 Å². The number of fused-ring (bicyclic) bond motifs is 1. The SMILES string of the molecule is CCN(CC)C(=O)CC(c1ccccc1)N1C(=O)C2C3C=CC(CC3)C2C1=O. The minimum atomic E-state index is -0.528. The summed E-state index contributed by atoms with van der Waals surface area (Å²) in [5, 5.41) is 0. The second kappa shape index (κ2) is 7.53. The Morgan fingerprint density at radius 1 is 1.00 bits per heavy atom. The molecule has 1 aliphatic heterocycles. The summed E-state index contributed by atoms with van der Waals surface area (Å²) in [7, 11) is 0. The van der Waals surface area contributed by atoms with Crippen molar-refractivity contribution >= 4 is 17.7 Å². The van der Waals surface area contributed by atoms with Crippen LogP contribution in [0.25, 0.3) is 0 Å². The number of hydrogen-bond acceptors (Lipinski definition) is 3. The molecule has 1 heterocycles. The monoisotopic (exact) mass is 380 g/mol. The maximum absolute atomic E-state index is 13.4. The Balaban J connectivity index is 1.68. The van der Waals surface area contributed by atoms with E-state index in [1.165, 1.54) is 4.90 Å². The van der Waals surface area contributed by atoms with Crippen molar-refractivity contribution in [1.29, 1.82) is 0 Å². The maximum atomic E-state index is 13.4. The molecule has 0 aromatic heterocycles. The molecule has 0 radical (unpaired) electrons. The van der Waals surface area contributed by atoms with E-state index in [9.17, 15) is 14.4 Å². The zero-order valence-corrected chi connectivity index (χ0v) is 16.6. The maximum Gasteiger partial charge on any atom is 0.234 e. The van der Waals surface area contributed by atoms with Crippen LogP contribution in [0.5, 0.6) is 0 Å². The van der Waals surface area contributed by atoms with E-state index in [0.717, 1.165) is 18.4 Å². The summed E-state index contributed by atoms with van der Waals surface area (Å²) < 4.78 is 0. The molecule has 1 saturated carbocycles. The van der Waals surface area contributed by atoms with Gasteiger partial charge >= 0.3 is 0 Å². The number of carbonyl (C=O) groups excluding carboxylic acids is 3. The lowest BCUT2D eigenvalue weighted by molar-refractivity contribution is -0.144. The van der Waals surface area contributed by atoms with Gasteiger partial charge in [0.1, 0.15) is 0 Å². The molecule has 2 bridgehead atoms. The van der Waals surface area contributed by atoms with Crippen LogP contribution in [0, 0.1) is 23.7 Å².